The van der Waals surface area contributed by atoms with Gasteiger partial charge in [0.25, 0.3) is 5.79 Å². The SMILES string of the molecule is CC1(C)OC(=O)C(c2ccnn2Cc2ccccc2)C(=O)O1. The molecule has 2 aromatic rings. The third-order valence-corrected chi connectivity index (χ3v) is 3.38. The lowest BCUT2D eigenvalue weighted by atomic mass is 10.0. The molecule has 114 valence electrons. The van der Waals surface area contributed by atoms with Gasteiger partial charge in [0.05, 0.1) is 12.2 Å². The van der Waals surface area contributed by atoms with E-state index in [1.54, 1.807) is 16.9 Å². The number of carbonyl (C=O) groups excluding carboxylic acids is 2. The van der Waals surface area contributed by atoms with Gasteiger partial charge in [0.15, 0.2) is 5.92 Å². The van der Waals surface area contributed by atoms with E-state index in [9.17, 15) is 9.59 Å². The van der Waals surface area contributed by atoms with Gasteiger partial charge in [-0.1, -0.05) is 30.3 Å². The molecule has 0 unspecified atom stereocenters. The number of carbonyl (C=O) groups is 2. The molecule has 0 atom stereocenters. The van der Waals surface area contributed by atoms with Gasteiger partial charge >= 0.3 is 11.9 Å². The summed E-state index contributed by atoms with van der Waals surface area (Å²) in [5.74, 6) is -3.55. The number of nitrogens with zero attached hydrogens (tertiary/aromatic N) is 2. The van der Waals surface area contributed by atoms with Crippen LogP contribution in [0.4, 0.5) is 0 Å². The first kappa shape index (κ1) is 14.3. The first-order valence-corrected chi connectivity index (χ1v) is 6.98. The monoisotopic (exact) mass is 300 g/mol. The normalized spacial score (nSPS) is 17.9. The summed E-state index contributed by atoms with van der Waals surface area (Å²) in [6.45, 7) is 3.52. The van der Waals surface area contributed by atoms with Crippen LogP contribution in [0.25, 0.3) is 0 Å². The van der Waals surface area contributed by atoms with Gasteiger partial charge in [-0.15, -0.1) is 0 Å². The Hall–Kier alpha value is -2.63. The second kappa shape index (κ2) is 5.29. The minimum Gasteiger partial charge on any atom is -0.422 e. The van der Waals surface area contributed by atoms with Crippen molar-refractivity contribution in [3.8, 4) is 0 Å². The number of rotatable bonds is 3. The maximum Gasteiger partial charge on any atom is 0.329 e. The van der Waals surface area contributed by atoms with Crippen LogP contribution in [0.1, 0.15) is 31.0 Å². The van der Waals surface area contributed by atoms with Crippen molar-refractivity contribution in [2.24, 2.45) is 0 Å². The first-order chi connectivity index (χ1) is 10.5. The Bertz CT molecular complexity index is 686. The number of esters is 2. The molecule has 1 aromatic heterocycles. The number of hydrogen-bond donors (Lipinski definition) is 0. The van der Waals surface area contributed by atoms with Crippen LogP contribution in [-0.4, -0.2) is 27.5 Å². The Kier molecular flexibility index (Phi) is 3.44. The fourth-order valence-corrected chi connectivity index (χ4v) is 2.44. The molecule has 6 heteroatoms. The Morgan fingerprint density at radius 3 is 2.36 bits per heavy atom. The van der Waals surface area contributed by atoms with E-state index in [4.69, 9.17) is 9.47 Å². The molecule has 0 saturated carbocycles. The van der Waals surface area contributed by atoms with E-state index in [-0.39, 0.29) is 0 Å². The van der Waals surface area contributed by atoms with Crippen LogP contribution in [0.15, 0.2) is 42.6 Å². The summed E-state index contributed by atoms with van der Waals surface area (Å²) in [5, 5.41) is 4.19. The first-order valence-electron chi connectivity index (χ1n) is 6.98. The van der Waals surface area contributed by atoms with E-state index < -0.39 is 23.6 Å². The van der Waals surface area contributed by atoms with Crippen molar-refractivity contribution in [1.82, 2.24) is 9.78 Å². The van der Waals surface area contributed by atoms with Gasteiger partial charge in [0, 0.05) is 20.0 Å². The molecular formula is C16H16N2O4. The van der Waals surface area contributed by atoms with E-state index in [1.165, 1.54) is 13.8 Å². The second-order valence-electron chi connectivity index (χ2n) is 5.57. The van der Waals surface area contributed by atoms with Crippen molar-refractivity contribution in [3.05, 3.63) is 53.9 Å². The third kappa shape index (κ3) is 2.72. The average Bonchev–Trinajstić information content (AvgIpc) is 2.86. The quantitative estimate of drug-likeness (QED) is 0.639. The zero-order chi connectivity index (χ0) is 15.7. The van der Waals surface area contributed by atoms with Gasteiger partial charge in [-0.05, 0) is 11.6 Å². The minimum atomic E-state index is -1.23. The van der Waals surface area contributed by atoms with Crippen molar-refractivity contribution >= 4 is 11.9 Å². The Balaban J connectivity index is 1.89. The summed E-state index contributed by atoms with van der Waals surface area (Å²) in [6, 6.07) is 11.3. The van der Waals surface area contributed by atoms with E-state index in [0.717, 1.165) is 5.56 Å². The molecule has 0 amide bonds. The third-order valence-electron chi connectivity index (χ3n) is 3.38. The summed E-state index contributed by atoms with van der Waals surface area (Å²) in [6.07, 6.45) is 1.55. The van der Waals surface area contributed by atoms with E-state index in [0.29, 0.717) is 12.2 Å². The van der Waals surface area contributed by atoms with Gasteiger partial charge in [0.1, 0.15) is 0 Å². The van der Waals surface area contributed by atoms with Crippen molar-refractivity contribution in [1.29, 1.82) is 0 Å². The summed E-state index contributed by atoms with van der Waals surface area (Å²) >= 11 is 0. The van der Waals surface area contributed by atoms with E-state index in [1.807, 2.05) is 30.3 Å². The molecule has 1 aliphatic heterocycles. The molecule has 1 aliphatic rings. The van der Waals surface area contributed by atoms with Crippen molar-refractivity contribution in [3.63, 3.8) is 0 Å². The molecule has 22 heavy (non-hydrogen) atoms. The van der Waals surface area contributed by atoms with Crippen LogP contribution < -0.4 is 0 Å². The van der Waals surface area contributed by atoms with Gasteiger partial charge in [-0.2, -0.15) is 5.10 Å². The Morgan fingerprint density at radius 1 is 1.09 bits per heavy atom. The highest BCUT2D eigenvalue weighted by Gasteiger charge is 2.45. The number of hydrogen-bond acceptors (Lipinski definition) is 5. The van der Waals surface area contributed by atoms with Crippen molar-refractivity contribution in [2.75, 3.05) is 0 Å². The van der Waals surface area contributed by atoms with E-state index in [2.05, 4.69) is 5.10 Å². The van der Waals surface area contributed by atoms with Crippen LogP contribution in [0.2, 0.25) is 0 Å². The van der Waals surface area contributed by atoms with Crippen molar-refractivity contribution < 1.29 is 19.1 Å². The predicted octanol–water partition coefficient (Wildman–Crippen LogP) is 1.85. The number of benzene rings is 1. The van der Waals surface area contributed by atoms with Crippen LogP contribution >= 0.6 is 0 Å². The van der Waals surface area contributed by atoms with Crippen LogP contribution in [0, 0.1) is 0 Å². The Morgan fingerprint density at radius 2 is 1.73 bits per heavy atom. The molecular weight excluding hydrogens is 284 g/mol. The zero-order valence-electron chi connectivity index (χ0n) is 12.4. The van der Waals surface area contributed by atoms with Gasteiger partial charge < -0.3 is 9.47 Å². The fourth-order valence-electron chi connectivity index (χ4n) is 2.44. The highest BCUT2D eigenvalue weighted by Crippen LogP contribution is 2.29. The molecule has 6 nitrogen and oxygen atoms in total. The molecule has 0 bridgehead atoms. The largest absolute Gasteiger partial charge is 0.422 e. The lowest BCUT2D eigenvalue weighted by molar-refractivity contribution is -0.235. The zero-order valence-corrected chi connectivity index (χ0v) is 12.4. The average molecular weight is 300 g/mol. The topological polar surface area (TPSA) is 70.4 Å². The lowest BCUT2D eigenvalue weighted by Gasteiger charge is -2.32. The van der Waals surface area contributed by atoms with E-state index >= 15 is 0 Å². The molecule has 1 fully saturated rings. The number of cyclic esters (lactones) is 2. The molecule has 1 aromatic carbocycles. The maximum atomic E-state index is 12.2. The number of ether oxygens (including phenoxy) is 2. The predicted molar refractivity (Wildman–Crippen MR) is 76.8 cm³/mol. The number of aromatic nitrogens is 2. The molecule has 3 rings (SSSR count). The molecule has 0 N–H and O–H groups in total. The maximum absolute atomic E-state index is 12.2. The fraction of sp³-hybridized carbons (Fsp3) is 0.312. The summed E-state index contributed by atoms with van der Waals surface area (Å²) in [5.41, 5.74) is 1.49. The molecule has 2 heterocycles. The van der Waals surface area contributed by atoms with Crippen LogP contribution in [-0.2, 0) is 25.6 Å². The van der Waals surface area contributed by atoms with Gasteiger partial charge in [0.2, 0.25) is 0 Å². The van der Waals surface area contributed by atoms with Crippen LogP contribution in [0.3, 0.4) is 0 Å². The molecule has 0 aliphatic carbocycles. The standard InChI is InChI=1S/C16H16N2O4/c1-16(2)21-14(19)13(15(20)22-16)12-8-9-17-18(12)10-11-6-4-3-5-7-11/h3-9,13H,10H2,1-2H3. The summed E-state index contributed by atoms with van der Waals surface area (Å²) in [7, 11) is 0. The summed E-state index contributed by atoms with van der Waals surface area (Å²) < 4.78 is 11.9. The summed E-state index contributed by atoms with van der Waals surface area (Å²) in [4.78, 5) is 24.3. The molecule has 0 radical (unpaired) electrons. The van der Waals surface area contributed by atoms with Crippen molar-refractivity contribution in [2.45, 2.75) is 32.1 Å². The Labute approximate surface area is 127 Å². The highest BCUT2D eigenvalue weighted by atomic mass is 16.7. The van der Waals surface area contributed by atoms with Gasteiger partial charge in [-0.25, -0.2) is 0 Å². The molecule has 1 saturated heterocycles. The van der Waals surface area contributed by atoms with Crippen LogP contribution in [0.5, 0.6) is 0 Å². The molecule has 0 spiro atoms. The smallest absolute Gasteiger partial charge is 0.329 e. The lowest BCUT2D eigenvalue weighted by Crippen LogP contribution is -2.45. The van der Waals surface area contributed by atoms with Gasteiger partial charge in [-0.3, -0.25) is 14.3 Å². The minimum absolute atomic E-state index is 0.462. The second-order valence-corrected chi connectivity index (χ2v) is 5.57. The highest BCUT2D eigenvalue weighted by molar-refractivity contribution is 6.02.